The van der Waals surface area contributed by atoms with Gasteiger partial charge in [0.15, 0.2) is 6.61 Å². The summed E-state index contributed by atoms with van der Waals surface area (Å²) in [6.07, 6.45) is 0. The third-order valence-electron chi connectivity index (χ3n) is 3.00. The summed E-state index contributed by atoms with van der Waals surface area (Å²) < 4.78 is 5.62. The monoisotopic (exact) mass is 342 g/mol. The normalized spacial score (nSPS) is 10.5. The SMILES string of the molecule is Cc1cc(Cl)cc(C)c1OCC(=O)c1cc(Cl)ccc1Cl. The highest BCUT2D eigenvalue weighted by atomic mass is 35.5. The van der Waals surface area contributed by atoms with Crippen molar-refractivity contribution in [1.29, 1.82) is 0 Å². The predicted molar refractivity (Wildman–Crippen MR) is 87.2 cm³/mol. The Bertz CT molecular complexity index is 673. The lowest BCUT2D eigenvalue weighted by molar-refractivity contribution is 0.0921. The second kappa shape index (κ2) is 6.69. The van der Waals surface area contributed by atoms with E-state index in [0.717, 1.165) is 11.1 Å². The molecule has 0 atom stereocenters. The summed E-state index contributed by atoms with van der Waals surface area (Å²) in [4.78, 5) is 12.2. The molecule has 0 aliphatic carbocycles. The van der Waals surface area contributed by atoms with Crippen LogP contribution in [-0.2, 0) is 0 Å². The maximum atomic E-state index is 12.2. The molecular weight excluding hydrogens is 331 g/mol. The first kappa shape index (κ1) is 16.2. The Hall–Kier alpha value is -1.22. The second-order valence-electron chi connectivity index (χ2n) is 4.70. The summed E-state index contributed by atoms with van der Waals surface area (Å²) in [6.45, 7) is 3.65. The van der Waals surface area contributed by atoms with Gasteiger partial charge in [0.05, 0.1) is 5.02 Å². The van der Waals surface area contributed by atoms with Crippen LogP contribution >= 0.6 is 34.8 Å². The number of carbonyl (C=O) groups is 1. The van der Waals surface area contributed by atoms with E-state index < -0.39 is 0 Å². The molecule has 0 N–H and O–H groups in total. The summed E-state index contributed by atoms with van der Waals surface area (Å²) in [6, 6.07) is 8.35. The molecule has 2 aromatic rings. The Morgan fingerprint density at radius 3 is 2.24 bits per heavy atom. The number of halogens is 3. The summed E-state index contributed by atoms with van der Waals surface area (Å²) in [5, 5.41) is 1.46. The lowest BCUT2D eigenvalue weighted by Gasteiger charge is -2.12. The molecule has 0 aliphatic heterocycles. The van der Waals surface area contributed by atoms with E-state index in [1.165, 1.54) is 6.07 Å². The molecule has 0 fully saturated rings. The van der Waals surface area contributed by atoms with Crippen LogP contribution in [0.15, 0.2) is 30.3 Å². The number of carbonyl (C=O) groups excluding carboxylic acids is 1. The lowest BCUT2D eigenvalue weighted by atomic mass is 10.1. The van der Waals surface area contributed by atoms with E-state index in [2.05, 4.69) is 0 Å². The van der Waals surface area contributed by atoms with Gasteiger partial charge in [-0.1, -0.05) is 34.8 Å². The topological polar surface area (TPSA) is 26.3 Å². The van der Waals surface area contributed by atoms with Crippen molar-refractivity contribution in [3.63, 3.8) is 0 Å². The van der Waals surface area contributed by atoms with Crippen molar-refractivity contribution < 1.29 is 9.53 Å². The smallest absolute Gasteiger partial charge is 0.201 e. The number of ether oxygens (including phenoxy) is 1. The van der Waals surface area contributed by atoms with Gasteiger partial charge < -0.3 is 4.74 Å². The van der Waals surface area contributed by atoms with Crippen LogP contribution in [0.25, 0.3) is 0 Å². The van der Waals surface area contributed by atoms with E-state index in [4.69, 9.17) is 39.5 Å². The third-order valence-corrected chi connectivity index (χ3v) is 3.78. The fourth-order valence-corrected chi connectivity index (χ4v) is 2.77. The maximum absolute atomic E-state index is 12.2. The van der Waals surface area contributed by atoms with Crippen molar-refractivity contribution in [2.75, 3.05) is 6.61 Å². The number of Topliss-reactive ketones (excluding diaryl/α,β-unsaturated/α-hetero) is 1. The molecule has 0 amide bonds. The number of rotatable bonds is 4. The number of aryl methyl sites for hydroxylation is 2. The molecule has 2 rings (SSSR count). The van der Waals surface area contributed by atoms with Crippen LogP contribution in [0.3, 0.4) is 0 Å². The molecule has 21 heavy (non-hydrogen) atoms. The van der Waals surface area contributed by atoms with Crippen molar-refractivity contribution in [3.8, 4) is 5.75 Å². The molecule has 110 valence electrons. The van der Waals surface area contributed by atoms with Crippen molar-refractivity contribution in [2.24, 2.45) is 0 Å². The van der Waals surface area contributed by atoms with Gasteiger partial charge in [-0.3, -0.25) is 4.79 Å². The van der Waals surface area contributed by atoms with Gasteiger partial charge in [-0.05, 0) is 55.3 Å². The molecule has 2 nitrogen and oxygen atoms in total. The van der Waals surface area contributed by atoms with Gasteiger partial charge >= 0.3 is 0 Å². The molecule has 2 aromatic carbocycles. The summed E-state index contributed by atoms with van der Waals surface area (Å²) in [5.74, 6) is 0.433. The van der Waals surface area contributed by atoms with Crippen LogP contribution in [0.1, 0.15) is 21.5 Å². The molecule has 0 aliphatic rings. The molecule has 0 spiro atoms. The van der Waals surface area contributed by atoms with E-state index >= 15 is 0 Å². The van der Waals surface area contributed by atoms with Crippen LogP contribution in [-0.4, -0.2) is 12.4 Å². The zero-order valence-electron chi connectivity index (χ0n) is 11.5. The number of hydrogen-bond acceptors (Lipinski definition) is 2. The third kappa shape index (κ3) is 3.91. The fourth-order valence-electron chi connectivity index (χ4n) is 2.05. The quantitative estimate of drug-likeness (QED) is 0.683. The molecule has 0 saturated carbocycles. The van der Waals surface area contributed by atoms with Crippen molar-refractivity contribution in [2.45, 2.75) is 13.8 Å². The average Bonchev–Trinajstić information content (AvgIpc) is 2.40. The fraction of sp³-hybridized carbons (Fsp3) is 0.188. The molecular formula is C16H13Cl3O2. The standard InChI is InChI=1S/C16H13Cl3O2/c1-9-5-12(18)6-10(2)16(9)21-8-15(20)13-7-11(17)3-4-14(13)19/h3-7H,8H2,1-2H3. The Morgan fingerprint density at radius 2 is 1.62 bits per heavy atom. The van der Waals surface area contributed by atoms with E-state index in [0.29, 0.717) is 26.4 Å². The highest BCUT2D eigenvalue weighted by molar-refractivity contribution is 6.36. The number of hydrogen-bond donors (Lipinski definition) is 0. The minimum atomic E-state index is -0.226. The van der Waals surface area contributed by atoms with E-state index in [1.807, 2.05) is 13.8 Å². The lowest BCUT2D eigenvalue weighted by Crippen LogP contribution is -2.13. The van der Waals surface area contributed by atoms with Crippen LogP contribution in [0.4, 0.5) is 0 Å². The van der Waals surface area contributed by atoms with Crippen LogP contribution in [0.5, 0.6) is 5.75 Å². The van der Waals surface area contributed by atoms with Crippen molar-refractivity contribution in [3.05, 3.63) is 62.1 Å². The molecule has 0 aromatic heterocycles. The number of ketones is 1. The molecule has 5 heteroatoms. The largest absolute Gasteiger partial charge is 0.485 e. The summed E-state index contributed by atoms with van der Waals surface area (Å²) in [5.41, 5.74) is 2.11. The Balaban J connectivity index is 2.17. The zero-order valence-corrected chi connectivity index (χ0v) is 13.8. The van der Waals surface area contributed by atoms with E-state index in [9.17, 15) is 4.79 Å². The van der Waals surface area contributed by atoms with Gasteiger partial charge in [0.1, 0.15) is 5.75 Å². The average molecular weight is 344 g/mol. The number of benzene rings is 2. The van der Waals surface area contributed by atoms with Crippen molar-refractivity contribution >= 4 is 40.6 Å². The minimum Gasteiger partial charge on any atom is -0.485 e. The van der Waals surface area contributed by atoms with Crippen LogP contribution in [0.2, 0.25) is 15.1 Å². The molecule has 0 unspecified atom stereocenters. The van der Waals surface area contributed by atoms with Gasteiger partial charge in [-0.25, -0.2) is 0 Å². The Kier molecular flexibility index (Phi) is 5.15. The maximum Gasteiger partial charge on any atom is 0.201 e. The van der Waals surface area contributed by atoms with E-state index in [-0.39, 0.29) is 12.4 Å². The van der Waals surface area contributed by atoms with Crippen LogP contribution < -0.4 is 4.74 Å². The summed E-state index contributed by atoms with van der Waals surface area (Å²) in [7, 11) is 0. The summed E-state index contributed by atoms with van der Waals surface area (Å²) >= 11 is 17.8. The van der Waals surface area contributed by atoms with Gasteiger partial charge in [0.25, 0.3) is 0 Å². The second-order valence-corrected chi connectivity index (χ2v) is 5.98. The minimum absolute atomic E-state index is 0.108. The van der Waals surface area contributed by atoms with E-state index in [1.54, 1.807) is 24.3 Å². The highest BCUT2D eigenvalue weighted by Crippen LogP contribution is 2.27. The van der Waals surface area contributed by atoms with Crippen molar-refractivity contribution in [1.82, 2.24) is 0 Å². The van der Waals surface area contributed by atoms with Gasteiger partial charge in [-0.15, -0.1) is 0 Å². The Labute approximate surface area is 138 Å². The van der Waals surface area contributed by atoms with Crippen LogP contribution in [0, 0.1) is 13.8 Å². The van der Waals surface area contributed by atoms with Gasteiger partial charge in [0.2, 0.25) is 5.78 Å². The molecule has 0 heterocycles. The first-order valence-electron chi connectivity index (χ1n) is 6.26. The molecule has 0 radical (unpaired) electrons. The first-order valence-corrected chi connectivity index (χ1v) is 7.39. The molecule has 0 bridgehead atoms. The Morgan fingerprint density at radius 1 is 1.00 bits per heavy atom. The molecule has 0 saturated heterocycles. The zero-order chi connectivity index (χ0) is 15.6. The highest BCUT2D eigenvalue weighted by Gasteiger charge is 2.14. The first-order chi connectivity index (χ1) is 9.88. The van der Waals surface area contributed by atoms with Gasteiger partial charge in [0, 0.05) is 15.6 Å². The predicted octanol–water partition coefficient (Wildman–Crippen LogP) is 5.53. The van der Waals surface area contributed by atoms with Gasteiger partial charge in [-0.2, -0.15) is 0 Å².